The maximum atomic E-state index is 12.2. The van der Waals surface area contributed by atoms with Gasteiger partial charge in [-0.1, -0.05) is 30.7 Å². The summed E-state index contributed by atoms with van der Waals surface area (Å²) in [4.78, 5) is 25.8. The predicted octanol–water partition coefficient (Wildman–Crippen LogP) is 2.69. The standard InChI is InChI=1S/C14H19ClN2O3/c1-3-7-17(10-13(18)19)14(20)16(2)9-11-5-4-6-12(15)8-11/h4-6,8H,3,7,9-10H2,1-2H3,(H,18,19). The Balaban J connectivity index is 2.70. The van der Waals surface area contributed by atoms with Crippen LogP contribution in [0.5, 0.6) is 0 Å². The maximum Gasteiger partial charge on any atom is 0.323 e. The van der Waals surface area contributed by atoms with Crippen LogP contribution in [0, 0.1) is 0 Å². The lowest BCUT2D eigenvalue weighted by atomic mass is 10.2. The van der Waals surface area contributed by atoms with Crippen LogP contribution in [0.25, 0.3) is 0 Å². The van der Waals surface area contributed by atoms with Crippen molar-refractivity contribution in [3.63, 3.8) is 0 Å². The molecular formula is C14H19ClN2O3. The molecule has 20 heavy (non-hydrogen) atoms. The molecule has 1 aromatic rings. The number of rotatable bonds is 6. The molecule has 0 aliphatic heterocycles. The van der Waals surface area contributed by atoms with Gasteiger partial charge in [0, 0.05) is 25.2 Å². The highest BCUT2D eigenvalue weighted by molar-refractivity contribution is 6.30. The van der Waals surface area contributed by atoms with Crippen molar-refractivity contribution in [3.8, 4) is 0 Å². The van der Waals surface area contributed by atoms with Gasteiger partial charge in [-0.25, -0.2) is 4.79 Å². The number of amides is 2. The molecule has 110 valence electrons. The van der Waals surface area contributed by atoms with E-state index in [9.17, 15) is 9.59 Å². The Bertz CT molecular complexity index is 479. The van der Waals surface area contributed by atoms with Crippen molar-refractivity contribution in [1.29, 1.82) is 0 Å². The summed E-state index contributed by atoms with van der Waals surface area (Å²) < 4.78 is 0. The lowest BCUT2D eigenvalue weighted by molar-refractivity contribution is -0.137. The van der Waals surface area contributed by atoms with Gasteiger partial charge in [0.1, 0.15) is 6.54 Å². The molecule has 0 spiro atoms. The molecule has 0 unspecified atom stereocenters. The fourth-order valence-electron chi connectivity index (χ4n) is 1.89. The molecule has 0 saturated carbocycles. The van der Waals surface area contributed by atoms with Crippen molar-refractivity contribution in [1.82, 2.24) is 9.80 Å². The van der Waals surface area contributed by atoms with Gasteiger partial charge in [-0.3, -0.25) is 4.79 Å². The van der Waals surface area contributed by atoms with E-state index in [0.717, 1.165) is 5.56 Å². The highest BCUT2D eigenvalue weighted by Crippen LogP contribution is 2.13. The number of carbonyl (C=O) groups is 2. The molecule has 2 amide bonds. The van der Waals surface area contributed by atoms with E-state index < -0.39 is 5.97 Å². The van der Waals surface area contributed by atoms with Crippen LogP contribution >= 0.6 is 11.6 Å². The number of carboxylic acid groups (broad SMARTS) is 1. The number of hydrogen-bond donors (Lipinski definition) is 1. The van der Waals surface area contributed by atoms with Crippen molar-refractivity contribution in [2.75, 3.05) is 20.1 Å². The van der Waals surface area contributed by atoms with Gasteiger partial charge in [-0.05, 0) is 24.1 Å². The van der Waals surface area contributed by atoms with Gasteiger partial charge < -0.3 is 14.9 Å². The maximum absolute atomic E-state index is 12.2. The van der Waals surface area contributed by atoms with Crippen LogP contribution in [0.2, 0.25) is 5.02 Å². The van der Waals surface area contributed by atoms with Gasteiger partial charge in [0.2, 0.25) is 0 Å². The summed E-state index contributed by atoms with van der Waals surface area (Å²) in [5, 5.41) is 9.45. The van der Waals surface area contributed by atoms with Crippen molar-refractivity contribution in [3.05, 3.63) is 34.9 Å². The Morgan fingerprint density at radius 2 is 2.05 bits per heavy atom. The Morgan fingerprint density at radius 1 is 1.35 bits per heavy atom. The lowest BCUT2D eigenvalue weighted by Crippen LogP contribution is -2.43. The number of benzene rings is 1. The Labute approximate surface area is 123 Å². The minimum atomic E-state index is -1.01. The second kappa shape index (κ2) is 7.75. The van der Waals surface area contributed by atoms with Crippen molar-refractivity contribution in [2.45, 2.75) is 19.9 Å². The van der Waals surface area contributed by atoms with Crippen LogP contribution in [0.15, 0.2) is 24.3 Å². The average Bonchev–Trinajstić information content (AvgIpc) is 2.36. The van der Waals surface area contributed by atoms with Gasteiger partial charge >= 0.3 is 12.0 Å². The van der Waals surface area contributed by atoms with Crippen molar-refractivity contribution >= 4 is 23.6 Å². The lowest BCUT2D eigenvalue weighted by Gasteiger charge is -2.26. The first kappa shape index (κ1) is 16.3. The molecule has 0 aliphatic carbocycles. The first-order valence-electron chi connectivity index (χ1n) is 6.40. The van der Waals surface area contributed by atoms with Crippen LogP contribution in [0.1, 0.15) is 18.9 Å². The van der Waals surface area contributed by atoms with Gasteiger partial charge in [0.05, 0.1) is 0 Å². The molecule has 0 aromatic heterocycles. The van der Waals surface area contributed by atoms with E-state index in [0.29, 0.717) is 24.5 Å². The molecule has 0 saturated heterocycles. The van der Waals surface area contributed by atoms with Gasteiger partial charge in [0.15, 0.2) is 0 Å². The van der Waals surface area contributed by atoms with Gasteiger partial charge in [-0.2, -0.15) is 0 Å². The highest BCUT2D eigenvalue weighted by atomic mass is 35.5. The summed E-state index contributed by atoms with van der Waals surface area (Å²) >= 11 is 5.90. The third-order valence-electron chi connectivity index (χ3n) is 2.73. The molecule has 0 aliphatic rings. The molecule has 0 atom stereocenters. The Morgan fingerprint density at radius 3 is 2.60 bits per heavy atom. The SMILES string of the molecule is CCCN(CC(=O)O)C(=O)N(C)Cc1cccc(Cl)c1. The van der Waals surface area contributed by atoms with E-state index in [1.54, 1.807) is 19.2 Å². The summed E-state index contributed by atoms with van der Waals surface area (Å²) in [5.74, 6) is -1.01. The number of carbonyl (C=O) groups excluding carboxylic acids is 1. The number of urea groups is 1. The zero-order chi connectivity index (χ0) is 15.1. The van der Waals surface area contributed by atoms with Crippen molar-refractivity contribution < 1.29 is 14.7 Å². The molecule has 0 heterocycles. The fraction of sp³-hybridized carbons (Fsp3) is 0.429. The molecule has 1 N–H and O–H groups in total. The van der Waals surface area contributed by atoms with Gasteiger partial charge in [0.25, 0.3) is 0 Å². The van der Waals surface area contributed by atoms with Crippen LogP contribution in [0.4, 0.5) is 4.79 Å². The topological polar surface area (TPSA) is 60.9 Å². The molecule has 0 fully saturated rings. The van der Waals surface area contributed by atoms with Crippen LogP contribution < -0.4 is 0 Å². The monoisotopic (exact) mass is 298 g/mol. The zero-order valence-electron chi connectivity index (χ0n) is 11.7. The molecular weight excluding hydrogens is 280 g/mol. The van der Waals surface area contributed by atoms with Gasteiger partial charge in [-0.15, -0.1) is 0 Å². The smallest absolute Gasteiger partial charge is 0.323 e. The van der Waals surface area contributed by atoms with Crippen LogP contribution in [0.3, 0.4) is 0 Å². The Hall–Kier alpha value is -1.75. The van der Waals surface area contributed by atoms with Crippen LogP contribution in [-0.2, 0) is 11.3 Å². The summed E-state index contributed by atoms with van der Waals surface area (Å²) in [5.41, 5.74) is 0.903. The van der Waals surface area contributed by atoms with E-state index in [4.69, 9.17) is 16.7 Å². The first-order chi connectivity index (χ1) is 9.43. The second-order valence-corrected chi connectivity index (χ2v) is 5.02. The third-order valence-corrected chi connectivity index (χ3v) is 2.96. The first-order valence-corrected chi connectivity index (χ1v) is 6.78. The van der Waals surface area contributed by atoms with Crippen LogP contribution in [-0.4, -0.2) is 47.0 Å². The molecule has 1 aromatic carbocycles. The third kappa shape index (κ3) is 5.09. The summed E-state index contributed by atoms with van der Waals surface area (Å²) in [6.07, 6.45) is 0.712. The second-order valence-electron chi connectivity index (χ2n) is 4.58. The quantitative estimate of drug-likeness (QED) is 0.878. The molecule has 1 rings (SSSR count). The minimum absolute atomic E-state index is 0.285. The summed E-state index contributed by atoms with van der Waals surface area (Å²) in [6.45, 7) is 2.43. The minimum Gasteiger partial charge on any atom is -0.480 e. The summed E-state index contributed by atoms with van der Waals surface area (Å²) in [7, 11) is 1.65. The average molecular weight is 299 g/mol. The number of aliphatic carboxylic acids is 1. The molecule has 5 nitrogen and oxygen atoms in total. The normalized spacial score (nSPS) is 10.2. The number of carboxylic acids is 1. The molecule has 0 radical (unpaired) electrons. The van der Waals surface area contributed by atoms with E-state index in [-0.39, 0.29) is 12.6 Å². The summed E-state index contributed by atoms with van der Waals surface area (Å²) in [6, 6.07) is 6.94. The van der Waals surface area contributed by atoms with E-state index >= 15 is 0 Å². The highest BCUT2D eigenvalue weighted by Gasteiger charge is 2.19. The number of halogens is 1. The fourth-order valence-corrected chi connectivity index (χ4v) is 2.11. The number of nitrogens with zero attached hydrogens (tertiary/aromatic N) is 2. The van der Waals surface area contributed by atoms with E-state index in [2.05, 4.69) is 0 Å². The Kier molecular flexibility index (Phi) is 6.31. The predicted molar refractivity (Wildman–Crippen MR) is 77.8 cm³/mol. The largest absolute Gasteiger partial charge is 0.480 e. The van der Waals surface area contributed by atoms with E-state index in [1.807, 2.05) is 19.1 Å². The van der Waals surface area contributed by atoms with Crippen molar-refractivity contribution in [2.24, 2.45) is 0 Å². The number of hydrogen-bond acceptors (Lipinski definition) is 2. The zero-order valence-corrected chi connectivity index (χ0v) is 12.4. The molecule has 6 heteroatoms. The molecule has 0 bridgehead atoms. The van der Waals surface area contributed by atoms with E-state index in [1.165, 1.54) is 9.80 Å².